The summed E-state index contributed by atoms with van der Waals surface area (Å²) in [6, 6.07) is 2.79. The molecule has 1 aliphatic carbocycles. The molecule has 3 fully saturated rings. The smallest absolute Gasteiger partial charge is 0.243 e. The van der Waals surface area contributed by atoms with Gasteiger partial charge in [0.15, 0.2) is 11.6 Å². The molecule has 0 spiro atoms. The average molecular weight is 429 g/mol. The number of piperidine rings is 1. The molecule has 3 aliphatic rings. The van der Waals surface area contributed by atoms with Gasteiger partial charge in [-0.2, -0.15) is 4.31 Å². The van der Waals surface area contributed by atoms with Crippen LogP contribution in [0.3, 0.4) is 0 Å². The highest BCUT2D eigenvalue weighted by atomic mass is 32.2. The van der Waals surface area contributed by atoms with Gasteiger partial charge >= 0.3 is 0 Å². The van der Waals surface area contributed by atoms with E-state index in [4.69, 9.17) is 4.74 Å². The minimum absolute atomic E-state index is 0.00241. The van der Waals surface area contributed by atoms with Gasteiger partial charge in [0.2, 0.25) is 15.9 Å². The van der Waals surface area contributed by atoms with Gasteiger partial charge in [0.25, 0.3) is 0 Å². The van der Waals surface area contributed by atoms with Crippen molar-refractivity contribution in [2.45, 2.75) is 55.5 Å². The second kappa shape index (κ2) is 8.28. The lowest BCUT2D eigenvalue weighted by atomic mass is 9.98. The quantitative estimate of drug-likeness (QED) is 0.723. The van der Waals surface area contributed by atoms with Crippen molar-refractivity contribution in [2.75, 3.05) is 26.3 Å². The summed E-state index contributed by atoms with van der Waals surface area (Å²) in [5.41, 5.74) is 0. The number of hydrogen-bond donors (Lipinski definition) is 0. The summed E-state index contributed by atoms with van der Waals surface area (Å²) in [5, 5.41) is 0. The first-order valence-electron chi connectivity index (χ1n) is 10.2. The molecular weight excluding hydrogens is 402 g/mol. The van der Waals surface area contributed by atoms with Gasteiger partial charge in [0, 0.05) is 44.3 Å². The molecule has 0 radical (unpaired) electrons. The molecule has 1 saturated carbocycles. The van der Waals surface area contributed by atoms with Crippen LogP contribution in [-0.2, 0) is 19.6 Å². The summed E-state index contributed by atoms with van der Waals surface area (Å²) in [6.45, 7) is 1.79. The Kier molecular flexibility index (Phi) is 5.90. The first kappa shape index (κ1) is 20.7. The standard InChI is InChI=1S/C20H26F2N2O4S/c21-18-4-3-17(13-19(18)22)29(26,27)23-9-5-15(6-10-23)24(20(25)14-1-2-14)16-7-11-28-12-8-16/h3-4,13-16H,1-2,5-12H2. The van der Waals surface area contributed by atoms with Crippen molar-refractivity contribution in [2.24, 2.45) is 5.92 Å². The molecule has 6 nitrogen and oxygen atoms in total. The van der Waals surface area contributed by atoms with E-state index in [0.717, 1.165) is 43.9 Å². The third-order valence-electron chi connectivity index (χ3n) is 6.11. The normalized spacial score (nSPS) is 22.6. The number of carbonyl (C=O) groups excluding carboxylic acids is 1. The van der Waals surface area contributed by atoms with Crippen LogP contribution in [0, 0.1) is 17.6 Å². The third kappa shape index (κ3) is 4.32. The summed E-state index contributed by atoms with van der Waals surface area (Å²) in [4.78, 5) is 14.7. The highest BCUT2D eigenvalue weighted by molar-refractivity contribution is 7.89. The first-order chi connectivity index (χ1) is 13.9. The number of carbonyl (C=O) groups is 1. The fourth-order valence-electron chi connectivity index (χ4n) is 4.31. The van der Waals surface area contributed by atoms with Crippen LogP contribution in [0.5, 0.6) is 0 Å². The van der Waals surface area contributed by atoms with E-state index in [-0.39, 0.29) is 41.9 Å². The van der Waals surface area contributed by atoms with Crippen molar-refractivity contribution >= 4 is 15.9 Å². The van der Waals surface area contributed by atoms with Crippen LogP contribution in [0.4, 0.5) is 8.78 Å². The second-order valence-corrected chi connectivity index (χ2v) is 10.0. The van der Waals surface area contributed by atoms with Crippen LogP contribution in [0.25, 0.3) is 0 Å². The Balaban J connectivity index is 1.46. The van der Waals surface area contributed by atoms with E-state index < -0.39 is 21.7 Å². The maximum atomic E-state index is 13.5. The number of halogens is 2. The number of benzene rings is 1. The fraction of sp³-hybridized carbons (Fsp3) is 0.650. The predicted molar refractivity (Wildman–Crippen MR) is 102 cm³/mol. The molecule has 0 atom stereocenters. The predicted octanol–water partition coefficient (Wildman–Crippen LogP) is 2.54. The van der Waals surface area contributed by atoms with E-state index in [0.29, 0.717) is 26.1 Å². The molecule has 2 heterocycles. The second-order valence-electron chi connectivity index (χ2n) is 8.07. The molecule has 4 rings (SSSR count). The molecular formula is C20H26F2N2O4S. The van der Waals surface area contributed by atoms with Gasteiger partial charge in [0.1, 0.15) is 0 Å². The summed E-state index contributed by atoms with van der Waals surface area (Å²) in [5.74, 6) is -1.95. The van der Waals surface area contributed by atoms with Crippen LogP contribution < -0.4 is 0 Å². The fourth-order valence-corrected chi connectivity index (χ4v) is 5.79. The minimum atomic E-state index is -3.90. The molecule has 0 aromatic heterocycles. The third-order valence-corrected chi connectivity index (χ3v) is 8.01. The van der Waals surface area contributed by atoms with E-state index in [2.05, 4.69) is 0 Å². The lowest BCUT2D eigenvalue weighted by Gasteiger charge is -2.43. The van der Waals surface area contributed by atoms with Gasteiger partial charge in [-0.25, -0.2) is 17.2 Å². The van der Waals surface area contributed by atoms with Crippen LogP contribution >= 0.6 is 0 Å². The van der Waals surface area contributed by atoms with Crippen LogP contribution in [0.1, 0.15) is 38.5 Å². The lowest BCUT2D eigenvalue weighted by molar-refractivity contribution is -0.141. The molecule has 9 heteroatoms. The average Bonchev–Trinajstić information content (AvgIpc) is 3.57. The Bertz CT molecular complexity index is 861. The molecule has 1 aromatic carbocycles. The Morgan fingerprint density at radius 1 is 0.966 bits per heavy atom. The van der Waals surface area contributed by atoms with Gasteiger partial charge in [-0.05, 0) is 56.7 Å². The first-order valence-corrected chi connectivity index (χ1v) is 11.7. The van der Waals surface area contributed by atoms with E-state index >= 15 is 0 Å². The van der Waals surface area contributed by atoms with Crippen molar-refractivity contribution in [3.63, 3.8) is 0 Å². The summed E-state index contributed by atoms with van der Waals surface area (Å²) in [7, 11) is -3.90. The summed E-state index contributed by atoms with van der Waals surface area (Å²) >= 11 is 0. The Morgan fingerprint density at radius 2 is 1.59 bits per heavy atom. The number of sulfonamides is 1. The number of rotatable bonds is 5. The monoisotopic (exact) mass is 428 g/mol. The van der Waals surface area contributed by atoms with Crippen molar-refractivity contribution in [3.05, 3.63) is 29.8 Å². The van der Waals surface area contributed by atoms with Gasteiger partial charge in [0.05, 0.1) is 4.90 Å². The van der Waals surface area contributed by atoms with E-state index in [1.807, 2.05) is 4.90 Å². The van der Waals surface area contributed by atoms with Gasteiger partial charge in [-0.1, -0.05) is 0 Å². The molecule has 2 aliphatic heterocycles. The van der Waals surface area contributed by atoms with Gasteiger partial charge in [-0.15, -0.1) is 0 Å². The molecule has 0 N–H and O–H groups in total. The molecule has 1 amide bonds. The number of ether oxygens (including phenoxy) is 1. The SMILES string of the molecule is O=C(C1CC1)N(C1CCOCC1)C1CCN(S(=O)(=O)c2ccc(F)c(F)c2)CC1. The Labute approximate surface area is 169 Å². The summed E-state index contributed by atoms with van der Waals surface area (Å²) in [6.07, 6.45) is 4.57. The van der Waals surface area contributed by atoms with E-state index in [1.54, 1.807) is 0 Å². The highest BCUT2D eigenvalue weighted by Crippen LogP contribution is 2.35. The van der Waals surface area contributed by atoms with Crippen molar-refractivity contribution < 1.29 is 26.7 Å². The molecule has 2 saturated heterocycles. The van der Waals surface area contributed by atoms with Crippen LogP contribution in [0.15, 0.2) is 23.1 Å². The zero-order valence-electron chi connectivity index (χ0n) is 16.2. The van der Waals surface area contributed by atoms with Crippen molar-refractivity contribution in [1.82, 2.24) is 9.21 Å². The highest BCUT2D eigenvalue weighted by Gasteiger charge is 2.42. The molecule has 1 aromatic rings. The number of nitrogens with zero attached hydrogens (tertiary/aromatic N) is 2. The summed E-state index contributed by atoms with van der Waals surface area (Å²) < 4.78 is 59.1. The molecule has 0 bridgehead atoms. The largest absolute Gasteiger partial charge is 0.381 e. The maximum Gasteiger partial charge on any atom is 0.243 e. The van der Waals surface area contributed by atoms with E-state index in [1.165, 1.54) is 4.31 Å². The minimum Gasteiger partial charge on any atom is -0.381 e. The zero-order valence-corrected chi connectivity index (χ0v) is 17.0. The number of amides is 1. The van der Waals surface area contributed by atoms with Gasteiger partial charge < -0.3 is 9.64 Å². The van der Waals surface area contributed by atoms with Gasteiger partial charge in [-0.3, -0.25) is 4.79 Å². The topological polar surface area (TPSA) is 66.9 Å². The Morgan fingerprint density at radius 3 is 2.17 bits per heavy atom. The van der Waals surface area contributed by atoms with Crippen LogP contribution in [0.2, 0.25) is 0 Å². The van der Waals surface area contributed by atoms with Crippen molar-refractivity contribution in [1.29, 1.82) is 0 Å². The Hall–Kier alpha value is -1.58. The molecule has 0 unspecified atom stereocenters. The number of hydrogen-bond acceptors (Lipinski definition) is 4. The lowest BCUT2D eigenvalue weighted by Crippen LogP contribution is -2.54. The van der Waals surface area contributed by atoms with Crippen LogP contribution in [-0.4, -0.2) is 61.9 Å². The molecule has 160 valence electrons. The maximum absolute atomic E-state index is 13.5. The zero-order chi connectivity index (χ0) is 20.6. The molecule has 29 heavy (non-hydrogen) atoms. The van der Waals surface area contributed by atoms with E-state index in [9.17, 15) is 22.0 Å². The van der Waals surface area contributed by atoms with Crippen molar-refractivity contribution in [3.8, 4) is 0 Å².